The van der Waals surface area contributed by atoms with Crippen LogP contribution in [0, 0.1) is 17.6 Å². The fraction of sp³-hybridized carbons (Fsp3) is 0.318. The van der Waals surface area contributed by atoms with Crippen LogP contribution >= 0.6 is 0 Å². The number of carbonyl (C=O) groups excluding carboxylic acids is 1. The van der Waals surface area contributed by atoms with Gasteiger partial charge in [0.15, 0.2) is 11.9 Å². The van der Waals surface area contributed by atoms with Crippen molar-refractivity contribution in [3.63, 3.8) is 0 Å². The van der Waals surface area contributed by atoms with E-state index >= 15 is 0 Å². The highest BCUT2D eigenvalue weighted by Gasteiger charge is 2.35. The molecule has 1 fully saturated rings. The molecule has 0 bridgehead atoms. The SMILES string of the molecule is CC(OC(=O)C1CCN(S(=O)(=O)c2cc(F)ccc2F)CC1)c1nc2ccccc2c(=O)[nH]1. The molecule has 2 heterocycles. The van der Waals surface area contributed by atoms with E-state index in [1.807, 2.05) is 0 Å². The number of fused-ring (bicyclic) bond motifs is 1. The maximum Gasteiger partial charge on any atom is 0.309 e. The van der Waals surface area contributed by atoms with Crippen LogP contribution in [0.5, 0.6) is 0 Å². The van der Waals surface area contributed by atoms with Crippen LogP contribution in [0.1, 0.15) is 31.7 Å². The lowest BCUT2D eigenvalue weighted by Gasteiger charge is -2.30. The van der Waals surface area contributed by atoms with Gasteiger partial charge in [0.1, 0.15) is 16.5 Å². The number of nitrogens with one attached hydrogen (secondary N) is 1. The van der Waals surface area contributed by atoms with Crippen molar-refractivity contribution in [3.05, 3.63) is 70.3 Å². The Balaban J connectivity index is 1.41. The molecular weight excluding hydrogens is 456 g/mol. The minimum absolute atomic E-state index is 0.0442. The van der Waals surface area contributed by atoms with Gasteiger partial charge in [-0.05, 0) is 50.1 Å². The maximum absolute atomic E-state index is 14.0. The van der Waals surface area contributed by atoms with E-state index in [2.05, 4.69) is 9.97 Å². The summed E-state index contributed by atoms with van der Waals surface area (Å²) in [4.78, 5) is 31.1. The van der Waals surface area contributed by atoms with Gasteiger partial charge in [0, 0.05) is 13.1 Å². The van der Waals surface area contributed by atoms with Crippen molar-refractivity contribution in [1.29, 1.82) is 0 Å². The highest BCUT2D eigenvalue weighted by atomic mass is 32.2. The van der Waals surface area contributed by atoms with E-state index in [4.69, 9.17) is 4.74 Å². The lowest BCUT2D eigenvalue weighted by atomic mass is 9.98. The summed E-state index contributed by atoms with van der Waals surface area (Å²) in [7, 11) is -4.24. The number of hydrogen-bond donors (Lipinski definition) is 1. The molecule has 174 valence electrons. The fourth-order valence-electron chi connectivity index (χ4n) is 3.77. The van der Waals surface area contributed by atoms with Crippen molar-refractivity contribution in [3.8, 4) is 0 Å². The van der Waals surface area contributed by atoms with Gasteiger partial charge in [0.25, 0.3) is 5.56 Å². The number of rotatable bonds is 5. The molecule has 1 saturated heterocycles. The predicted octanol–water partition coefficient (Wildman–Crippen LogP) is 2.91. The normalized spacial score (nSPS) is 16.6. The first-order chi connectivity index (χ1) is 15.7. The largest absolute Gasteiger partial charge is 0.454 e. The number of para-hydroxylation sites is 1. The second kappa shape index (κ2) is 8.99. The zero-order valence-corrected chi connectivity index (χ0v) is 18.4. The Morgan fingerprint density at radius 1 is 1.18 bits per heavy atom. The molecule has 0 amide bonds. The van der Waals surface area contributed by atoms with Crippen LogP contribution in [0.4, 0.5) is 8.78 Å². The zero-order valence-electron chi connectivity index (χ0n) is 17.6. The first-order valence-corrected chi connectivity index (χ1v) is 11.8. The molecule has 1 aromatic heterocycles. The van der Waals surface area contributed by atoms with E-state index in [1.165, 1.54) is 0 Å². The van der Waals surface area contributed by atoms with Crippen molar-refractivity contribution < 1.29 is 26.7 Å². The molecule has 0 radical (unpaired) electrons. The quantitative estimate of drug-likeness (QED) is 0.566. The number of piperidine rings is 1. The van der Waals surface area contributed by atoms with Crippen molar-refractivity contribution >= 4 is 26.9 Å². The molecule has 1 aliphatic rings. The lowest BCUT2D eigenvalue weighted by Crippen LogP contribution is -2.41. The van der Waals surface area contributed by atoms with E-state index in [-0.39, 0.29) is 37.3 Å². The Morgan fingerprint density at radius 2 is 1.88 bits per heavy atom. The molecule has 3 aromatic rings. The van der Waals surface area contributed by atoms with E-state index in [1.54, 1.807) is 31.2 Å². The van der Waals surface area contributed by atoms with Crippen LogP contribution in [0.2, 0.25) is 0 Å². The molecule has 1 aliphatic heterocycles. The number of aromatic amines is 1. The molecule has 4 rings (SSSR count). The highest BCUT2D eigenvalue weighted by molar-refractivity contribution is 7.89. The van der Waals surface area contributed by atoms with E-state index in [9.17, 15) is 26.8 Å². The highest BCUT2D eigenvalue weighted by Crippen LogP contribution is 2.27. The number of ether oxygens (including phenoxy) is 1. The first kappa shape index (κ1) is 23.0. The molecule has 0 aliphatic carbocycles. The first-order valence-electron chi connectivity index (χ1n) is 10.3. The Bertz CT molecular complexity index is 1370. The molecule has 8 nitrogen and oxygen atoms in total. The standard InChI is InChI=1S/C22H21F2N3O5S/c1-13(20-25-18-5-3-2-4-16(18)21(28)26-20)32-22(29)14-8-10-27(11-9-14)33(30,31)19-12-15(23)6-7-17(19)24/h2-7,12-14H,8-11H2,1H3,(H,25,26,28). The molecule has 0 saturated carbocycles. The Kier molecular flexibility index (Phi) is 6.26. The molecule has 2 aromatic carbocycles. The average Bonchev–Trinajstić information content (AvgIpc) is 2.80. The van der Waals surface area contributed by atoms with E-state index < -0.39 is 44.5 Å². The van der Waals surface area contributed by atoms with Crippen molar-refractivity contribution in [2.24, 2.45) is 5.92 Å². The van der Waals surface area contributed by atoms with Crippen LogP contribution in [0.3, 0.4) is 0 Å². The topological polar surface area (TPSA) is 109 Å². The van der Waals surface area contributed by atoms with Gasteiger partial charge in [0.2, 0.25) is 10.0 Å². The molecular formula is C22H21F2N3O5S. The minimum Gasteiger partial charge on any atom is -0.454 e. The van der Waals surface area contributed by atoms with Crippen LogP contribution in [-0.2, 0) is 19.6 Å². The zero-order chi connectivity index (χ0) is 23.8. The molecule has 0 spiro atoms. The lowest BCUT2D eigenvalue weighted by molar-refractivity contribution is -0.155. The minimum atomic E-state index is -4.24. The average molecular weight is 477 g/mol. The van der Waals surface area contributed by atoms with Crippen LogP contribution in [0.15, 0.2) is 52.2 Å². The number of halogens is 2. The summed E-state index contributed by atoms with van der Waals surface area (Å²) < 4.78 is 59.3. The Hall–Kier alpha value is -3.18. The van der Waals surface area contributed by atoms with Gasteiger partial charge in [-0.1, -0.05) is 12.1 Å². The van der Waals surface area contributed by atoms with Crippen molar-refractivity contribution in [2.75, 3.05) is 13.1 Å². The van der Waals surface area contributed by atoms with Crippen LogP contribution in [-0.4, -0.2) is 41.7 Å². The maximum atomic E-state index is 14.0. The second-order valence-corrected chi connectivity index (χ2v) is 9.71. The van der Waals surface area contributed by atoms with Gasteiger partial charge in [-0.3, -0.25) is 9.59 Å². The third-order valence-electron chi connectivity index (χ3n) is 5.61. The number of esters is 1. The number of H-pyrrole nitrogens is 1. The van der Waals surface area contributed by atoms with Gasteiger partial charge >= 0.3 is 5.97 Å². The smallest absolute Gasteiger partial charge is 0.309 e. The van der Waals surface area contributed by atoms with Crippen molar-refractivity contribution in [1.82, 2.24) is 14.3 Å². The number of hydrogen-bond acceptors (Lipinski definition) is 6. The second-order valence-electron chi connectivity index (χ2n) is 7.80. The van der Waals surface area contributed by atoms with Gasteiger partial charge in [-0.15, -0.1) is 0 Å². The molecule has 11 heteroatoms. The van der Waals surface area contributed by atoms with E-state index in [0.717, 1.165) is 16.4 Å². The monoisotopic (exact) mass is 477 g/mol. The number of aromatic nitrogens is 2. The summed E-state index contributed by atoms with van der Waals surface area (Å²) in [5, 5.41) is 0.420. The molecule has 1 unspecified atom stereocenters. The third kappa shape index (κ3) is 4.64. The van der Waals surface area contributed by atoms with Gasteiger partial charge in [0.05, 0.1) is 16.8 Å². The summed E-state index contributed by atoms with van der Waals surface area (Å²) >= 11 is 0. The van der Waals surface area contributed by atoms with Crippen LogP contribution in [0.25, 0.3) is 10.9 Å². The summed E-state index contributed by atoms with van der Waals surface area (Å²) in [6.07, 6.45) is -0.509. The summed E-state index contributed by atoms with van der Waals surface area (Å²) in [5.74, 6) is -2.82. The Labute approximate surface area is 188 Å². The summed E-state index contributed by atoms with van der Waals surface area (Å²) in [6, 6.07) is 9.03. The number of nitrogens with zero attached hydrogens (tertiary/aromatic N) is 2. The Morgan fingerprint density at radius 3 is 2.61 bits per heavy atom. The molecule has 33 heavy (non-hydrogen) atoms. The van der Waals surface area contributed by atoms with Crippen molar-refractivity contribution in [2.45, 2.75) is 30.8 Å². The van der Waals surface area contributed by atoms with Crippen LogP contribution < -0.4 is 5.56 Å². The van der Waals surface area contributed by atoms with E-state index in [0.29, 0.717) is 17.0 Å². The summed E-state index contributed by atoms with van der Waals surface area (Å²) in [6.45, 7) is 1.49. The number of benzene rings is 2. The van der Waals surface area contributed by atoms with Gasteiger partial charge in [-0.2, -0.15) is 4.31 Å². The predicted molar refractivity (Wildman–Crippen MR) is 115 cm³/mol. The third-order valence-corrected chi connectivity index (χ3v) is 7.52. The molecule has 1 N–H and O–H groups in total. The summed E-state index contributed by atoms with van der Waals surface area (Å²) in [5.41, 5.74) is 0.129. The number of carbonyl (C=O) groups is 1. The molecule has 1 atom stereocenters. The number of sulfonamides is 1. The fourth-order valence-corrected chi connectivity index (χ4v) is 5.31. The van der Waals surface area contributed by atoms with Gasteiger partial charge < -0.3 is 9.72 Å². The van der Waals surface area contributed by atoms with Gasteiger partial charge in [-0.25, -0.2) is 22.2 Å².